The van der Waals surface area contributed by atoms with E-state index in [4.69, 9.17) is 15.2 Å². The van der Waals surface area contributed by atoms with E-state index in [-0.39, 0.29) is 46.5 Å². The molecule has 1 atom stereocenters. The van der Waals surface area contributed by atoms with Gasteiger partial charge < -0.3 is 30.3 Å². The largest absolute Gasteiger partial charge is 0.493 e. The summed E-state index contributed by atoms with van der Waals surface area (Å²) in [5.41, 5.74) is 6.18. The van der Waals surface area contributed by atoms with Crippen LogP contribution in [0.4, 0.5) is 16.2 Å². The highest BCUT2D eigenvalue weighted by Crippen LogP contribution is 2.37. The molecule has 12 heteroatoms. The molecule has 31 heavy (non-hydrogen) atoms. The van der Waals surface area contributed by atoms with Gasteiger partial charge in [-0.3, -0.25) is 4.79 Å². The number of piperazine rings is 1. The predicted molar refractivity (Wildman–Crippen MR) is 122 cm³/mol. The topological polar surface area (TPSA) is 106 Å². The Morgan fingerprint density at radius 2 is 2.03 bits per heavy atom. The molecule has 2 saturated heterocycles. The number of carbonyl (C=O) groups excluding carboxylic acids is 1. The van der Waals surface area contributed by atoms with Gasteiger partial charge in [0.2, 0.25) is 11.9 Å². The minimum atomic E-state index is -0.641. The Kier molecular flexibility index (Phi) is 7.50. The Labute approximate surface area is 190 Å². The number of nitrogens with zero attached hydrogens (tertiary/aromatic N) is 4. The lowest BCUT2D eigenvalue weighted by Gasteiger charge is -2.35. The lowest BCUT2D eigenvalue weighted by molar-refractivity contribution is -0.131. The molecule has 3 heterocycles. The van der Waals surface area contributed by atoms with Crippen molar-refractivity contribution in [1.29, 1.82) is 0 Å². The van der Waals surface area contributed by atoms with E-state index in [1.54, 1.807) is 17.8 Å². The maximum absolute atomic E-state index is 15.0. The summed E-state index contributed by atoms with van der Waals surface area (Å²) in [6.07, 6.45) is 0.497. The van der Waals surface area contributed by atoms with Gasteiger partial charge in [-0.25, -0.2) is 9.37 Å². The SMILES string of the molecule is COc1cc2c(N)nc(N3CCN(C(=O)CC4NCCS4)CC3)nc2c(F)c1OC.Cl. The van der Waals surface area contributed by atoms with Crippen molar-refractivity contribution in [2.24, 2.45) is 0 Å². The summed E-state index contributed by atoms with van der Waals surface area (Å²) in [5.74, 6) is 1.25. The minimum absolute atomic E-state index is 0. The van der Waals surface area contributed by atoms with Crippen LogP contribution in [0.2, 0.25) is 0 Å². The molecule has 2 aliphatic rings. The van der Waals surface area contributed by atoms with E-state index in [2.05, 4.69) is 15.3 Å². The molecule has 1 aromatic carbocycles. The van der Waals surface area contributed by atoms with E-state index < -0.39 is 5.82 Å². The number of ether oxygens (including phenoxy) is 2. The fourth-order valence-corrected chi connectivity index (χ4v) is 4.75. The lowest BCUT2D eigenvalue weighted by atomic mass is 10.2. The number of nitrogen functional groups attached to an aromatic ring is 1. The fourth-order valence-electron chi connectivity index (χ4n) is 3.73. The van der Waals surface area contributed by atoms with E-state index in [9.17, 15) is 9.18 Å². The number of nitrogens with two attached hydrogens (primary N) is 1. The second kappa shape index (κ2) is 9.92. The van der Waals surface area contributed by atoms with Crippen LogP contribution in [0.3, 0.4) is 0 Å². The van der Waals surface area contributed by atoms with Crippen LogP contribution in [0, 0.1) is 5.82 Å². The Hall–Kier alpha value is -2.24. The van der Waals surface area contributed by atoms with Gasteiger partial charge in [-0.1, -0.05) is 0 Å². The molecule has 9 nitrogen and oxygen atoms in total. The van der Waals surface area contributed by atoms with Crippen LogP contribution in [0.25, 0.3) is 10.9 Å². The van der Waals surface area contributed by atoms with Crippen molar-refractivity contribution < 1.29 is 18.7 Å². The molecule has 0 radical (unpaired) electrons. The standard InChI is InChI=1S/C19H25FN6O3S.ClH/c1-28-12-9-11-16(15(20)17(12)29-2)23-19(24-18(11)21)26-6-4-25(5-7-26)14(27)10-13-22-3-8-30-13;/h9,13,22H,3-8,10H2,1-2H3,(H2,21,23,24);1H. The number of amides is 1. The molecule has 3 N–H and O–H groups in total. The van der Waals surface area contributed by atoms with Crippen LogP contribution in [-0.2, 0) is 4.79 Å². The molecule has 0 aliphatic carbocycles. The molecule has 0 saturated carbocycles. The Morgan fingerprint density at radius 1 is 1.29 bits per heavy atom. The molecular weight excluding hydrogens is 447 g/mol. The lowest BCUT2D eigenvalue weighted by Crippen LogP contribution is -2.50. The zero-order chi connectivity index (χ0) is 21.3. The molecule has 2 aromatic rings. The van der Waals surface area contributed by atoms with E-state index in [0.29, 0.717) is 43.9 Å². The van der Waals surface area contributed by atoms with Crippen molar-refractivity contribution in [2.75, 3.05) is 63.3 Å². The van der Waals surface area contributed by atoms with Crippen LogP contribution in [0.5, 0.6) is 11.5 Å². The maximum atomic E-state index is 15.0. The summed E-state index contributed by atoms with van der Waals surface area (Å²) in [5, 5.41) is 3.89. The third-order valence-corrected chi connectivity index (χ3v) is 6.54. The first-order chi connectivity index (χ1) is 14.5. The number of thioether (sulfide) groups is 1. The number of methoxy groups -OCH3 is 2. The minimum Gasteiger partial charge on any atom is -0.493 e. The number of hydrogen-bond donors (Lipinski definition) is 2. The highest BCUT2D eigenvalue weighted by Gasteiger charge is 2.27. The third-order valence-electron chi connectivity index (χ3n) is 5.36. The second-order valence-electron chi connectivity index (χ2n) is 7.12. The summed E-state index contributed by atoms with van der Waals surface area (Å²) in [7, 11) is 2.80. The average molecular weight is 473 g/mol. The van der Waals surface area contributed by atoms with Crippen LogP contribution in [-0.4, -0.2) is 78.8 Å². The van der Waals surface area contributed by atoms with Crippen molar-refractivity contribution in [3.05, 3.63) is 11.9 Å². The third kappa shape index (κ3) is 4.68. The van der Waals surface area contributed by atoms with E-state index in [1.807, 2.05) is 9.80 Å². The number of anilines is 2. The monoisotopic (exact) mass is 472 g/mol. The van der Waals surface area contributed by atoms with Crippen molar-refractivity contribution >= 4 is 52.7 Å². The van der Waals surface area contributed by atoms with E-state index in [0.717, 1.165) is 12.3 Å². The Morgan fingerprint density at radius 3 is 2.65 bits per heavy atom. The Bertz CT molecular complexity index is 954. The van der Waals surface area contributed by atoms with Gasteiger partial charge in [0.15, 0.2) is 17.3 Å². The maximum Gasteiger partial charge on any atom is 0.228 e. The number of fused-ring (bicyclic) bond motifs is 1. The molecule has 1 unspecified atom stereocenters. The zero-order valence-corrected chi connectivity index (χ0v) is 19.0. The van der Waals surface area contributed by atoms with Crippen molar-refractivity contribution in [2.45, 2.75) is 11.8 Å². The summed E-state index contributed by atoms with van der Waals surface area (Å²) < 4.78 is 25.3. The van der Waals surface area contributed by atoms with Crippen LogP contribution < -0.4 is 25.4 Å². The molecule has 170 valence electrons. The number of halogens is 2. The number of carbonyl (C=O) groups is 1. The first-order valence-electron chi connectivity index (χ1n) is 9.77. The number of aromatic nitrogens is 2. The fraction of sp³-hybridized carbons (Fsp3) is 0.526. The number of nitrogens with one attached hydrogen (secondary N) is 1. The van der Waals surface area contributed by atoms with Crippen molar-refractivity contribution in [3.63, 3.8) is 0 Å². The zero-order valence-electron chi connectivity index (χ0n) is 17.4. The predicted octanol–water partition coefficient (Wildman–Crippen LogP) is 1.49. The quantitative estimate of drug-likeness (QED) is 0.669. The van der Waals surface area contributed by atoms with Gasteiger partial charge in [0, 0.05) is 43.9 Å². The normalized spacial score (nSPS) is 18.7. The highest BCUT2D eigenvalue weighted by atomic mass is 35.5. The Balaban J connectivity index is 0.00000272. The molecule has 0 spiro atoms. The molecule has 4 rings (SSSR count). The highest BCUT2D eigenvalue weighted by molar-refractivity contribution is 8.00. The number of benzene rings is 1. The summed E-state index contributed by atoms with van der Waals surface area (Å²) in [4.78, 5) is 25.1. The number of hydrogen-bond acceptors (Lipinski definition) is 9. The second-order valence-corrected chi connectivity index (χ2v) is 8.43. The van der Waals surface area contributed by atoms with Crippen LogP contribution in [0.1, 0.15) is 6.42 Å². The molecule has 1 aromatic heterocycles. The van der Waals surface area contributed by atoms with Crippen LogP contribution in [0.15, 0.2) is 6.07 Å². The van der Waals surface area contributed by atoms with Gasteiger partial charge in [0.05, 0.1) is 26.0 Å². The van der Waals surface area contributed by atoms with E-state index >= 15 is 0 Å². The summed E-state index contributed by atoms with van der Waals surface area (Å²) in [6, 6.07) is 1.57. The van der Waals surface area contributed by atoms with E-state index in [1.165, 1.54) is 14.2 Å². The first kappa shape index (κ1) is 23.4. The summed E-state index contributed by atoms with van der Waals surface area (Å²) >= 11 is 1.78. The van der Waals surface area contributed by atoms with Crippen LogP contribution >= 0.6 is 24.2 Å². The smallest absolute Gasteiger partial charge is 0.228 e. The molecular formula is C19H26ClFN6O3S. The van der Waals surface area contributed by atoms with Crippen molar-refractivity contribution in [3.8, 4) is 11.5 Å². The van der Waals surface area contributed by atoms with Gasteiger partial charge in [-0.15, -0.1) is 24.2 Å². The van der Waals surface area contributed by atoms with Crippen molar-refractivity contribution in [1.82, 2.24) is 20.2 Å². The molecule has 0 bridgehead atoms. The summed E-state index contributed by atoms with van der Waals surface area (Å²) in [6.45, 7) is 3.18. The van der Waals surface area contributed by atoms with Gasteiger partial charge in [-0.05, 0) is 6.07 Å². The van der Waals surface area contributed by atoms with Gasteiger partial charge in [0.1, 0.15) is 11.3 Å². The molecule has 1 amide bonds. The van der Waals surface area contributed by atoms with Gasteiger partial charge in [-0.2, -0.15) is 4.98 Å². The first-order valence-corrected chi connectivity index (χ1v) is 10.8. The van der Waals surface area contributed by atoms with Gasteiger partial charge in [0.25, 0.3) is 0 Å². The number of rotatable bonds is 5. The van der Waals surface area contributed by atoms with Gasteiger partial charge >= 0.3 is 0 Å². The average Bonchev–Trinajstić information content (AvgIpc) is 3.27. The molecule has 2 aliphatic heterocycles. The molecule has 2 fully saturated rings.